The van der Waals surface area contributed by atoms with Gasteiger partial charge in [-0.2, -0.15) is 5.10 Å². The molecule has 140 valence electrons. The SMILES string of the molecule is Nc1c(Cl)c(Cl)nc(C(=O)N/N=C/C2=Cc3cc(Cl)cc(Cl)c3OC2)c1Cl. The van der Waals surface area contributed by atoms with E-state index in [0.29, 0.717) is 26.9 Å². The fraction of sp³-hybridized carbons (Fsp3) is 0.0625. The van der Waals surface area contributed by atoms with Crippen LogP contribution < -0.4 is 15.9 Å². The number of nitrogens with one attached hydrogen (secondary N) is 1. The molecule has 0 unspecified atom stereocenters. The van der Waals surface area contributed by atoms with Crippen LogP contribution in [0.3, 0.4) is 0 Å². The highest BCUT2D eigenvalue weighted by atomic mass is 35.5. The maximum Gasteiger partial charge on any atom is 0.291 e. The lowest BCUT2D eigenvalue weighted by Crippen LogP contribution is -2.21. The molecule has 0 radical (unpaired) electrons. The van der Waals surface area contributed by atoms with Gasteiger partial charge in [0.25, 0.3) is 5.91 Å². The number of hydrazone groups is 1. The second kappa shape index (κ2) is 8.12. The van der Waals surface area contributed by atoms with Crippen LogP contribution in [-0.2, 0) is 0 Å². The van der Waals surface area contributed by atoms with E-state index in [2.05, 4.69) is 15.5 Å². The topological polar surface area (TPSA) is 89.6 Å². The Bertz CT molecular complexity index is 1010. The summed E-state index contributed by atoms with van der Waals surface area (Å²) in [4.78, 5) is 16.0. The van der Waals surface area contributed by atoms with Crippen molar-refractivity contribution >= 4 is 81.9 Å². The number of hydrogen-bond acceptors (Lipinski definition) is 5. The van der Waals surface area contributed by atoms with E-state index in [1.54, 1.807) is 18.2 Å². The molecule has 2 aromatic rings. The Labute approximate surface area is 178 Å². The fourth-order valence-electron chi connectivity index (χ4n) is 2.22. The van der Waals surface area contributed by atoms with Crippen LogP contribution in [0.25, 0.3) is 6.08 Å². The standard InChI is InChI=1S/C16H9Cl5N4O2/c17-8-2-7-1-6(5-27-14(7)9(18)3-8)4-23-25-16(26)13-10(19)12(22)11(20)15(21)24-13/h1-4H,5H2,(H2,22,24)(H,25,26)/b23-4+. The average Bonchev–Trinajstić information content (AvgIpc) is 2.62. The summed E-state index contributed by atoms with van der Waals surface area (Å²) in [6, 6.07) is 3.30. The Hall–Kier alpha value is -1.70. The van der Waals surface area contributed by atoms with Crippen molar-refractivity contribution in [1.29, 1.82) is 0 Å². The maximum absolute atomic E-state index is 12.2. The van der Waals surface area contributed by atoms with E-state index in [-0.39, 0.29) is 33.2 Å². The predicted molar refractivity (Wildman–Crippen MR) is 110 cm³/mol. The van der Waals surface area contributed by atoms with E-state index in [4.69, 9.17) is 68.5 Å². The highest BCUT2D eigenvalue weighted by Crippen LogP contribution is 2.36. The molecule has 0 aliphatic carbocycles. The van der Waals surface area contributed by atoms with Crippen LogP contribution in [0.2, 0.25) is 25.2 Å². The summed E-state index contributed by atoms with van der Waals surface area (Å²) in [5.41, 5.74) is 9.11. The van der Waals surface area contributed by atoms with Gasteiger partial charge in [-0.05, 0) is 18.2 Å². The monoisotopic (exact) mass is 464 g/mol. The largest absolute Gasteiger partial charge is 0.487 e. The molecule has 0 bridgehead atoms. The highest BCUT2D eigenvalue weighted by Gasteiger charge is 2.20. The summed E-state index contributed by atoms with van der Waals surface area (Å²) in [5, 5.41) is 4.47. The van der Waals surface area contributed by atoms with Gasteiger partial charge in [-0.3, -0.25) is 4.79 Å². The molecular weight excluding hydrogens is 457 g/mol. The van der Waals surface area contributed by atoms with Crippen LogP contribution in [0.5, 0.6) is 5.75 Å². The van der Waals surface area contributed by atoms with Crippen molar-refractivity contribution < 1.29 is 9.53 Å². The zero-order chi connectivity index (χ0) is 19.7. The molecule has 1 amide bonds. The van der Waals surface area contributed by atoms with Crippen molar-refractivity contribution in [1.82, 2.24) is 10.4 Å². The zero-order valence-electron chi connectivity index (χ0n) is 13.2. The first-order valence-electron chi connectivity index (χ1n) is 7.23. The van der Waals surface area contributed by atoms with Gasteiger partial charge in [0.2, 0.25) is 0 Å². The number of amides is 1. The van der Waals surface area contributed by atoms with Gasteiger partial charge >= 0.3 is 0 Å². The quantitative estimate of drug-likeness (QED) is 0.373. The number of nitrogens with zero attached hydrogens (tertiary/aromatic N) is 2. The number of halogens is 5. The normalized spacial score (nSPS) is 13.1. The first-order valence-corrected chi connectivity index (χ1v) is 9.12. The van der Waals surface area contributed by atoms with Gasteiger partial charge < -0.3 is 10.5 Å². The van der Waals surface area contributed by atoms with Crippen LogP contribution in [0, 0.1) is 0 Å². The van der Waals surface area contributed by atoms with E-state index in [9.17, 15) is 4.79 Å². The Morgan fingerprint density at radius 1 is 1.22 bits per heavy atom. The second-order valence-electron chi connectivity index (χ2n) is 5.31. The first kappa shape index (κ1) is 20.0. The van der Waals surface area contributed by atoms with Crippen LogP contribution >= 0.6 is 58.0 Å². The number of benzene rings is 1. The average molecular weight is 467 g/mol. The summed E-state index contributed by atoms with van der Waals surface area (Å²) in [6.45, 7) is 0.215. The molecule has 0 fully saturated rings. The van der Waals surface area contributed by atoms with Gasteiger partial charge in [-0.15, -0.1) is 0 Å². The van der Waals surface area contributed by atoms with Crippen molar-refractivity contribution in [2.45, 2.75) is 0 Å². The molecule has 27 heavy (non-hydrogen) atoms. The molecule has 0 saturated heterocycles. The van der Waals surface area contributed by atoms with Crippen LogP contribution in [0.15, 0.2) is 22.8 Å². The number of aromatic nitrogens is 1. The smallest absolute Gasteiger partial charge is 0.291 e. The lowest BCUT2D eigenvalue weighted by Gasteiger charge is -2.17. The number of rotatable bonds is 3. The molecule has 2 heterocycles. The van der Waals surface area contributed by atoms with E-state index < -0.39 is 5.91 Å². The molecule has 3 N–H and O–H groups in total. The fourth-order valence-corrected chi connectivity index (χ4v) is 3.38. The van der Waals surface area contributed by atoms with E-state index in [1.165, 1.54) is 6.21 Å². The van der Waals surface area contributed by atoms with Crippen molar-refractivity contribution in [2.75, 3.05) is 12.3 Å². The van der Waals surface area contributed by atoms with E-state index >= 15 is 0 Å². The minimum atomic E-state index is -0.703. The van der Waals surface area contributed by atoms with Gasteiger partial charge in [0.05, 0.1) is 21.9 Å². The predicted octanol–water partition coefficient (Wildman–Crippen LogP) is 5.12. The number of ether oxygens (including phenoxy) is 1. The molecule has 1 aliphatic rings. The third-order valence-electron chi connectivity index (χ3n) is 3.44. The van der Waals surface area contributed by atoms with Gasteiger partial charge in [-0.1, -0.05) is 58.0 Å². The van der Waals surface area contributed by atoms with Gasteiger partial charge in [0, 0.05) is 16.2 Å². The first-order chi connectivity index (χ1) is 12.8. The zero-order valence-corrected chi connectivity index (χ0v) is 17.0. The Morgan fingerprint density at radius 3 is 2.70 bits per heavy atom. The van der Waals surface area contributed by atoms with Crippen LogP contribution in [-0.4, -0.2) is 23.7 Å². The molecule has 0 spiro atoms. The Morgan fingerprint density at radius 2 is 1.96 bits per heavy atom. The number of anilines is 1. The van der Waals surface area contributed by atoms with Crippen molar-refractivity contribution in [3.05, 3.63) is 54.2 Å². The summed E-state index contributed by atoms with van der Waals surface area (Å²) in [6.07, 6.45) is 3.19. The summed E-state index contributed by atoms with van der Waals surface area (Å²) in [7, 11) is 0. The number of carbonyl (C=O) groups is 1. The van der Waals surface area contributed by atoms with E-state index in [0.717, 1.165) is 0 Å². The summed E-state index contributed by atoms with van der Waals surface area (Å²) in [5.74, 6) is -0.171. The van der Waals surface area contributed by atoms with Crippen LogP contribution in [0.1, 0.15) is 16.1 Å². The third kappa shape index (κ3) is 4.25. The molecule has 1 aromatic carbocycles. The molecule has 1 aliphatic heterocycles. The molecule has 0 saturated carbocycles. The lowest BCUT2D eigenvalue weighted by atomic mass is 10.1. The lowest BCUT2D eigenvalue weighted by molar-refractivity contribution is 0.0950. The van der Waals surface area contributed by atoms with Gasteiger partial charge in [-0.25, -0.2) is 10.4 Å². The third-order valence-corrected chi connectivity index (χ3v) is 5.08. The summed E-state index contributed by atoms with van der Waals surface area (Å²) >= 11 is 29.7. The number of carbonyl (C=O) groups excluding carboxylic acids is 1. The number of nitrogens with two attached hydrogens (primary N) is 1. The maximum atomic E-state index is 12.2. The van der Waals surface area contributed by atoms with Crippen molar-refractivity contribution in [3.8, 4) is 5.75 Å². The van der Waals surface area contributed by atoms with Gasteiger partial charge in [0.1, 0.15) is 17.4 Å². The Kier molecular flexibility index (Phi) is 6.03. The minimum Gasteiger partial charge on any atom is -0.487 e. The minimum absolute atomic E-state index is 0.0257. The number of nitrogen functional groups attached to an aromatic ring is 1. The number of fused-ring (bicyclic) bond motifs is 1. The Balaban J connectivity index is 1.77. The summed E-state index contributed by atoms with van der Waals surface area (Å²) < 4.78 is 5.58. The van der Waals surface area contributed by atoms with Crippen LogP contribution in [0.4, 0.5) is 5.69 Å². The molecule has 11 heteroatoms. The highest BCUT2D eigenvalue weighted by molar-refractivity contribution is 6.46. The molecule has 6 nitrogen and oxygen atoms in total. The molecule has 0 atom stereocenters. The molecule has 1 aromatic heterocycles. The molecular formula is C16H9Cl5N4O2. The van der Waals surface area contributed by atoms with Crippen molar-refractivity contribution in [3.63, 3.8) is 0 Å². The number of pyridine rings is 1. The van der Waals surface area contributed by atoms with Crippen molar-refractivity contribution in [2.24, 2.45) is 5.10 Å². The van der Waals surface area contributed by atoms with E-state index in [1.807, 2.05) is 0 Å². The second-order valence-corrected chi connectivity index (χ2v) is 7.26. The van der Waals surface area contributed by atoms with Gasteiger partial charge in [0.15, 0.2) is 10.8 Å². The molecule has 3 rings (SSSR count). The number of hydrogen-bond donors (Lipinski definition) is 2.